The van der Waals surface area contributed by atoms with Gasteiger partial charge in [0.05, 0.1) is 24.0 Å². The van der Waals surface area contributed by atoms with Crippen LogP contribution in [0.5, 0.6) is 0 Å². The Morgan fingerprint density at radius 3 is 2.82 bits per heavy atom. The van der Waals surface area contributed by atoms with E-state index >= 15 is 0 Å². The third kappa shape index (κ3) is 3.48. The van der Waals surface area contributed by atoms with Gasteiger partial charge in [0.25, 0.3) is 0 Å². The van der Waals surface area contributed by atoms with Gasteiger partial charge in [0, 0.05) is 36.7 Å². The molecule has 1 unspecified atom stereocenters. The zero-order valence-electron chi connectivity index (χ0n) is 20.5. The number of hydrogen-bond acceptors (Lipinski definition) is 7. The molecule has 1 saturated heterocycles. The Labute approximate surface area is 195 Å². The van der Waals surface area contributed by atoms with Crippen molar-refractivity contribution in [2.45, 2.75) is 77.5 Å². The minimum Gasteiger partial charge on any atom is -0.353 e. The van der Waals surface area contributed by atoms with E-state index < -0.39 is 5.82 Å². The van der Waals surface area contributed by atoms with E-state index in [4.69, 9.17) is 0 Å². The number of rotatable bonds is 5. The highest BCUT2D eigenvalue weighted by molar-refractivity contribution is 5.60. The zero-order chi connectivity index (χ0) is 23.5. The fraction of sp³-hybridized carbons (Fsp3) is 0.625. The Hall–Kier alpha value is -2.68. The highest BCUT2D eigenvalue weighted by atomic mass is 19.1. The lowest BCUT2D eigenvalue weighted by Crippen LogP contribution is -2.61. The van der Waals surface area contributed by atoms with Crippen molar-refractivity contribution in [3.05, 3.63) is 41.0 Å². The Morgan fingerprint density at radius 2 is 2.06 bits per heavy atom. The summed E-state index contributed by atoms with van der Waals surface area (Å²) in [5.41, 5.74) is 2.11. The molecular weight excluding hydrogens is 419 g/mol. The maximum absolute atomic E-state index is 14.5. The van der Waals surface area contributed by atoms with Crippen LogP contribution in [0.25, 0.3) is 0 Å². The number of halogens is 1. The summed E-state index contributed by atoms with van der Waals surface area (Å²) in [5.74, 6) is 2.29. The third-order valence-electron chi connectivity index (χ3n) is 7.74. The van der Waals surface area contributed by atoms with Gasteiger partial charge >= 0.3 is 0 Å². The number of anilines is 2. The molecule has 2 aromatic rings. The molecule has 2 atom stereocenters. The lowest BCUT2D eigenvalue weighted by Gasteiger charge is -2.52. The number of aryl methyl sites for hydroxylation is 1. The Kier molecular flexibility index (Phi) is 5.15. The van der Waals surface area contributed by atoms with Crippen molar-refractivity contribution in [1.29, 1.82) is 0 Å². The summed E-state index contributed by atoms with van der Waals surface area (Å²) in [5, 5.41) is 10.9. The summed E-state index contributed by atoms with van der Waals surface area (Å²) in [4.78, 5) is 16.0. The van der Waals surface area contributed by atoms with Crippen molar-refractivity contribution in [1.82, 2.24) is 34.9 Å². The molecule has 0 aromatic carbocycles. The monoisotopic (exact) mass is 454 g/mol. The first kappa shape index (κ1) is 22.1. The molecule has 3 aliphatic rings. The van der Waals surface area contributed by atoms with Crippen LogP contribution in [0.15, 0.2) is 18.1 Å². The number of likely N-dealkylation sites (N-methyl/N-ethyl adjacent to an activating group) is 1. The minimum absolute atomic E-state index is 0.107. The molecule has 178 valence electrons. The first-order valence-corrected chi connectivity index (χ1v) is 12.0. The van der Waals surface area contributed by atoms with Gasteiger partial charge in [-0.15, -0.1) is 0 Å². The van der Waals surface area contributed by atoms with Crippen molar-refractivity contribution in [3.63, 3.8) is 0 Å². The number of aromatic amines is 1. The van der Waals surface area contributed by atoms with E-state index in [0.29, 0.717) is 24.1 Å². The average molecular weight is 455 g/mol. The summed E-state index contributed by atoms with van der Waals surface area (Å²) in [6, 6.07) is 0.429. The molecule has 5 heterocycles. The molecule has 33 heavy (non-hydrogen) atoms. The van der Waals surface area contributed by atoms with Crippen molar-refractivity contribution >= 4 is 11.6 Å². The highest BCUT2D eigenvalue weighted by Gasteiger charge is 2.50. The first-order chi connectivity index (χ1) is 15.6. The fourth-order valence-electron chi connectivity index (χ4n) is 5.44. The fourth-order valence-corrected chi connectivity index (χ4v) is 5.44. The molecule has 0 radical (unpaired) electrons. The number of aromatic nitrogens is 4. The smallest absolute Gasteiger partial charge is 0.184 e. The molecule has 0 amide bonds. The Morgan fingerprint density at radius 1 is 1.27 bits per heavy atom. The molecule has 1 fully saturated rings. The van der Waals surface area contributed by atoms with Crippen LogP contribution in [0.2, 0.25) is 0 Å². The third-order valence-corrected chi connectivity index (χ3v) is 7.74. The largest absolute Gasteiger partial charge is 0.353 e. The second-order valence-electron chi connectivity index (χ2n) is 10.6. The van der Waals surface area contributed by atoms with E-state index in [2.05, 4.69) is 87.9 Å². The maximum Gasteiger partial charge on any atom is 0.184 e. The van der Waals surface area contributed by atoms with Crippen LogP contribution in [0, 0.1) is 5.82 Å². The van der Waals surface area contributed by atoms with Gasteiger partial charge in [0.15, 0.2) is 17.5 Å². The van der Waals surface area contributed by atoms with Crippen LogP contribution in [0.1, 0.15) is 64.5 Å². The van der Waals surface area contributed by atoms with Crippen LogP contribution >= 0.6 is 0 Å². The quantitative estimate of drug-likeness (QED) is 0.713. The molecule has 0 aliphatic carbocycles. The molecule has 8 nitrogen and oxygen atoms in total. The van der Waals surface area contributed by atoms with Crippen molar-refractivity contribution in [2.24, 2.45) is 0 Å². The summed E-state index contributed by atoms with van der Waals surface area (Å²) in [6.45, 7) is 14.0. The van der Waals surface area contributed by atoms with Gasteiger partial charge in [-0.1, -0.05) is 6.92 Å². The number of H-pyrrole nitrogens is 1. The predicted octanol–water partition coefficient (Wildman–Crippen LogP) is 3.73. The summed E-state index contributed by atoms with van der Waals surface area (Å²) < 4.78 is 14.5. The normalized spacial score (nSPS) is 26.4. The second-order valence-corrected chi connectivity index (χ2v) is 10.6. The number of nitrogens with one attached hydrogen (secondary N) is 2. The SMILES string of the molecule is CCCc1ncc(F)c(Nc2n[nH]c3c2CN2C(N4CC(C)(C)N(C)C[C@@H]4C)=CCC32C)n1. The van der Waals surface area contributed by atoms with Gasteiger partial charge in [0.1, 0.15) is 11.6 Å². The number of nitrogens with zero attached hydrogens (tertiary/aromatic N) is 6. The molecule has 9 heteroatoms. The number of hydrogen-bond donors (Lipinski definition) is 2. The molecule has 2 aromatic heterocycles. The van der Waals surface area contributed by atoms with Crippen molar-refractivity contribution < 1.29 is 4.39 Å². The molecule has 2 N–H and O–H groups in total. The minimum atomic E-state index is -0.467. The van der Waals surface area contributed by atoms with E-state index in [1.54, 1.807) is 0 Å². The molecule has 3 aliphatic heterocycles. The molecule has 0 spiro atoms. The maximum atomic E-state index is 14.5. The molecule has 0 saturated carbocycles. The van der Waals surface area contributed by atoms with Crippen LogP contribution < -0.4 is 5.32 Å². The summed E-state index contributed by atoms with van der Waals surface area (Å²) in [7, 11) is 2.21. The van der Waals surface area contributed by atoms with Gasteiger partial charge in [-0.3, -0.25) is 10.00 Å². The van der Waals surface area contributed by atoms with E-state index in [-0.39, 0.29) is 16.9 Å². The van der Waals surface area contributed by atoms with Gasteiger partial charge in [-0.2, -0.15) is 5.10 Å². The molecule has 0 bridgehead atoms. The van der Waals surface area contributed by atoms with Crippen LogP contribution in [-0.2, 0) is 18.5 Å². The van der Waals surface area contributed by atoms with Gasteiger partial charge < -0.3 is 15.1 Å². The number of piperazine rings is 1. The number of fused-ring (bicyclic) bond motifs is 3. The predicted molar refractivity (Wildman–Crippen MR) is 126 cm³/mol. The lowest BCUT2D eigenvalue weighted by atomic mass is 9.96. The van der Waals surface area contributed by atoms with Gasteiger partial charge in [-0.25, -0.2) is 14.4 Å². The topological polar surface area (TPSA) is 76.2 Å². The van der Waals surface area contributed by atoms with E-state index in [9.17, 15) is 4.39 Å². The van der Waals surface area contributed by atoms with Gasteiger partial charge in [-0.05, 0) is 53.7 Å². The average Bonchev–Trinajstić information content (AvgIpc) is 3.38. The van der Waals surface area contributed by atoms with E-state index in [1.165, 1.54) is 12.0 Å². The lowest BCUT2D eigenvalue weighted by molar-refractivity contribution is -0.00145. The highest BCUT2D eigenvalue weighted by Crippen LogP contribution is 2.50. The zero-order valence-corrected chi connectivity index (χ0v) is 20.5. The Bertz CT molecular complexity index is 1090. The summed E-state index contributed by atoms with van der Waals surface area (Å²) >= 11 is 0. The van der Waals surface area contributed by atoms with Crippen LogP contribution in [0.4, 0.5) is 16.0 Å². The van der Waals surface area contributed by atoms with E-state index in [0.717, 1.165) is 43.7 Å². The first-order valence-electron chi connectivity index (χ1n) is 12.0. The van der Waals surface area contributed by atoms with Crippen LogP contribution in [-0.4, -0.2) is 66.6 Å². The van der Waals surface area contributed by atoms with E-state index in [1.807, 2.05) is 0 Å². The molecule has 5 rings (SSSR count). The second kappa shape index (κ2) is 7.68. The molecular formula is C24H35FN8. The van der Waals surface area contributed by atoms with Crippen molar-refractivity contribution in [3.8, 4) is 0 Å². The van der Waals surface area contributed by atoms with Crippen molar-refractivity contribution in [2.75, 3.05) is 25.5 Å². The van der Waals surface area contributed by atoms with Crippen LogP contribution in [0.3, 0.4) is 0 Å². The Balaban J connectivity index is 1.41. The standard InChI is InChI=1S/C24H35FN8/c1-7-8-18-26-11-17(25)22(27-18)28-21-16-13-33-19(9-10-24(33,5)20(16)29-30-21)32-14-23(3,4)31(6)12-15(32)2/h9,11,15H,7-8,10,12-14H2,1-6H3,(H2,26,27,28,29,30)/t15-,24?/m0/s1. The summed E-state index contributed by atoms with van der Waals surface area (Å²) in [6.07, 6.45) is 6.15. The van der Waals surface area contributed by atoms with Gasteiger partial charge in [0.2, 0.25) is 0 Å².